The average Bonchev–Trinajstić information content (AvgIpc) is 2.28. The summed E-state index contributed by atoms with van der Waals surface area (Å²) in [6, 6.07) is 5.12. The molecule has 1 saturated heterocycles. The molecule has 0 bridgehead atoms. The van der Waals surface area contributed by atoms with Gasteiger partial charge in [0, 0.05) is 25.3 Å². The first-order valence-corrected chi connectivity index (χ1v) is 6.25. The molecule has 0 spiro atoms. The summed E-state index contributed by atoms with van der Waals surface area (Å²) in [6.45, 7) is 6.98. The fraction of sp³-hybridized carbons (Fsp3) is 0.571. The van der Waals surface area contributed by atoms with Crippen molar-refractivity contribution in [2.75, 3.05) is 18.0 Å². The van der Waals surface area contributed by atoms with Crippen molar-refractivity contribution >= 4 is 5.69 Å². The number of piperidine rings is 1. The second-order valence-corrected chi connectivity index (χ2v) is 5.67. The number of nitrogens with zero attached hydrogens (tertiary/aromatic N) is 1. The number of rotatable bonds is 2. The summed E-state index contributed by atoms with van der Waals surface area (Å²) in [7, 11) is 0. The van der Waals surface area contributed by atoms with Crippen LogP contribution >= 0.6 is 0 Å². The highest BCUT2D eigenvalue weighted by atomic mass is 19.1. The molecule has 2 N–H and O–H groups in total. The molecule has 1 fully saturated rings. The molecule has 17 heavy (non-hydrogen) atoms. The monoisotopic (exact) mass is 236 g/mol. The smallest absolute Gasteiger partial charge is 0.125 e. The standard InChI is InChI=1S/C14H21FN2/c1-14(2)3-5-17(6-4-14)13-8-11(10-16)7-12(15)9-13/h7-9H,3-6,10,16H2,1-2H3. The van der Waals surface area contributed by atoms with Crippen molar-refractivity contribution in [3.8, 4) is 0 Å². The molecular formula is C14H21FN2. The fourth-order valence-corrected chi connectivity index (χ4v) is 2.30. The molecule has 2 nitrogen and oxygen atoms in total. The Morgan fingerprint density at radius 3 is 2.47 bits per heavy atom. The summed E-state index contributed by atoms with van der Waals surface area (Å²) in [6.07, 6.45) is 2.31. The second-order valence-electron chi connectivity index (χ2n) is 5.67. The molecule has 2 rings (SSSR count). The molecule has 0 aliphatic carbocycles. The molecule has 1 heterocycles. The minimum Gasteiger partial charge on any atom is -0.371 e. The third kappa shape index (κ3) is 2.97. The summed E-state index contributed by atoms with van der Waals surface area (Å²) in [5, 5.41) is 0. The number of hydrogen-bond acceptors (Lipinski definition) is 2. The van der Waals surface area contributed by atoms with Crippen molar-refractivity contribution in [3.05, 3.63) is 29.6 Å². The SMILES string of the molecule is CC1(C)CCN(c2cc(F)cc(CN)c2)CC1. The lowest BCUT2D eigenvalue weighted by Gasteiger charge is -2.38. The number of hydrogen-bond donors (Lipinski definition) is 1. The maximum absolute atomic E-state index is 13.4. The summed E-state index contributed by atoms with van der Waals surface area (Å²) in [4.78, 5) is 2.26. The fourth-order valence-electron chi connectivity index (χ4n) is 2.30. The zero-order chi connectivity index (χ0) is 12.5. The van der Waals surface area contributed by atoms with Gasteiger partial charge in [0.1, 0.15) is 5.82 Å². The molecule has 1 aliphatic heterocycles. The van der Waals surface area contributed by atoms with Gasteiger partial charge in [0.2, 0.25) is 0 Å². The normalized spacial score (nSPS) is 19.4. The molecule has 1 aromatic rings. The quantitative estimate of drug-likeness (QED) is 0.855. The van der Waals surface area contributed by atoms with E-state index in [0.717, 1.165) is 37.2 Å². The highest BCUT2D eigenvalue weighted by molar-refractivity contribution is 5.49. The summed E-state index contributed by atoms with van der Waals surface area (Å²) in [5.74, 6) is -0.187. The Balaban J connectivity index is 2.15. The highest BCUT2D eigenvalue weighted by Crippen LogP contribution is 2.32. The number of benzene rings is 1. The largest absolute Gasteiger partial charge is 0.371 e. The van der Waals surface area contributed by atoms with Gasteiger partial charge in [0.15, 0.2) is 0 Å². The van der Waals surface area contributed by atoms with Crippen molar-refractivity contribution in [1.29, 1.82) is 0 Å². The Morgan fingerprint density at radius 2 is 1.88 bits per heavy atom. The lowest BCUT2D eigenvalue weighted by atomic mass is 9.82. The van der Waals surface area contributed by atoms with Crippen molar-refractivity contribution in [3.63, 3.8) is 0 Å². The van der Waals surface area contributed by atoms with Crippen molar-refractivity contribution in [2.24, 2.45) is 11.1 Å². The van der Waals surface area contributed by atoms with Gasteiger partial charge in [-0.1, -0.05) is 13.8 Å². The van der Waals surface area contributed by atoms with Crippen LogP contribution in [0, 0.1) is 11.2 Å². The van der Waals surface area contributed by atoms with E-state index in [1.165, 1.54) is 6.07 Å². The molecule has 0 saturated carbocycles. The molecule has 1 aromatic carbocycles. The van der Waals surface area contributed by atoms with E-state index in [1.807, 2.05) is 6.07 Å². The Labute approximate surface area is 103 Å². The first-order chi connectivity index (χ1) is 8.00. The van der Waals surface area contributed by atoms with E-state index in [9.17, 15) is 4.39 Å². The van der Waals surface area contributed by atoms with E-state index < -0.39 is 0 Å². The molecule has 94 valence electrons. The molecule has 0 radical (unpaired) electrons. The maximum Gasteiger partial charge on any atom is 0.125 e. The van der Waals surface area contributed by atoms with Gasteiger partial charge in [-0.25, -0.2) is 4.39 Å². The van der Waals surface area contributed by atoms with Gasteiger partial charge in [-0.3, -0.25) is 0 Å². The lowest BCUT2D eigenvalue weighted by Crippen LogP contribution is -2.37. The maximum atomic E-state index is 13.4. The molecule has 1 aliphatic rings. The molecule has 0 aromatic heterocycles. The first kappa shape index (κ1) is 12.4. The molecule has 0 unspecified atom stereocenters. The van der Waals surface area contributed by atoms with Crippen molar-refractivity contribution in [1.82, 2.24) is 0 Å². The van der Waals surface area contributed by atoms with Crippen LogP contribution in [0.1, 0.15) is 32.3 Å². The summed E-state index contributed by atoms with van der Waals surface area (Å²) >= 11 is 0. The van der Waals surface area contributed by atoms with Crippen LogP contribution in [-0.4, -0.2) is 13.1 Å². The van der Waals surface area contributed by atoms with Crippen LogP contribution in [0.25, 0.3) is 0 Å². The first-order valence-electron chi connectivity index (χ1n) is 6.25. The average molecular weight is 236 g/mol. The third-order valence-corrected chi connectivity index (χ3v) is 3.66. The molecule has 0 atom stereocenters. The molecular weight excluding hydrogens is 215 g/mol. The molecule has 3 heteroatoms. The number of halogens is 1. The number of nitrogens with two attached hydrogens (primary N) is 1. The van der Waals surface area contributed by atoms with Crippen LogP contribution < -0.4 is 10.6 Å². The Kier molecular flexibility index (Phi) is 3.38. The predicted molar refractivity (Wildman–Crippen MR) is 69.5 cm³/mol. The minimum atomic E-state index is -0.187. The summed E-state index contributed by atoms with van der Waals surface area (Å²) in [5.41, 5.74) is 7.83. The minimum absolute atomic E-state index is 0.187. The second kappa shape index (κ2) is 4.65. The highest BCUT2D eigenvalue weighted by Gasteiger charge is 2.25. The van der Waals surface area contributed by atoms with Crippen LogP contribution in [0.4, 0.5) is 10.1 Å². The van der Waals surface area contributed by atoms with E-state index in [0.29, 0.717) is 12.0 Å². The molecule has 0 amide bonds. The number of anilines is 1. The van der Waals surface area contributed by atoms with Gasteiger partial charge in [-0.15, -0.1) is 0 Å². The van der Waals surface area contributed by atoms with Crippen molar-refractivity contribution in [2.45, 2.75) is 33.2 Å². The predicted octanol–water partition coefficient (Wildman–Crippen LogP) is 2.91. The summed E-state index contributed by atoms with van der Waals surface area (Å²) < 4.78 is 13.4. The van der Waals surface area contributed by atoms with Crippen LogP contribution in [0.5, 0.6) is 0 Å². The Morgan fingerprint density at radius 1 is 1.24 bits per heavy atom. The van der Waals surface area contributed by atoms with E-state index in [2.05, 4.69) is 18.7 Å². The van der Waals surface area contributed by atoms with Crippen molar-refractivity contribution < 1.29 is 4.39 Å². The van der Waals surface area contributed by atoms with E-state index in [-0.39, 0.29) is 5.82 Å². The van der Waals surface area contributed by atoms with Gasteiger partial charge < -0.3 is 10.6 Å². The lowest BCUT2D eigenvalue weighted by molar-refractivity contribution is 0.280. The van der Waals surface area contributed by atoms with Crippen LogP contribution in [0.15, 0.2) is 18.2 Å². The van der Waals surface area contributed by atoms with E-state index in [1.54, 1.807) is 6.07 Å². The van der Waals surface area contributed by atoms with Gasteiger partial charge in [0.25, 0.3) is 0 Å². The van der Waals surface area contributed by atoms with Crippen LogP contribution in [0.3, 0.4) is 0 Å². The third-order valence-electron chi connectivity index (χ3n) is 3.66. The Bertz CT molecular complexity index is 391. The van der Waals surface area contributed by atoms with Crippen LogP contribution in [0.2, 0.25) is 0 Å². The topological polar surface area (TPSA) is 29.3 Å². The van der Waals surface area contributed by atoms with Gasteiger partial charge in [-0.05, 0) is 42.0 Å². The van der Waals surface area contributed by atoms with Gasteiger partial charge in [0.05, 0.1) is 0 Å². The van der Waals surface area contributed by atoms with E-state index in [4.69, 9.17) is 5.73 Å². The zero-order valence-electron chi connectivity index (χ0n) is 10.7. The van der Waals surface area contributed by atoms with Crippen LogP contribution in [-0.2, 0) is 6.54 Å². The Hall–Kier alpha value is -1.09. The van der Waals surface area contributed by atoms with Gasteiger partial charge >= 0.3 is 0 Å². The zero-order valence-corrected chi connectivity index (χ0v) is 10.7. The van der Waals surface area contributed by atoms with E-state index >= 15 is 0 Å². The van der Waals surface area contributed by atoms with Gasteiger partial charge in [-0.2, -0.15) is 0 Å².